The van der Waals surface area contributed by atoms with Gasteiger partial charge in [0.15, 0.2) is 0 Å². The van der Waals surface area contributed by atoms with Crippen molar-refractivity contribution < 1.29 is 14.0 Å². The van der Waals surface area contributed by atoms with Crippen LogP contribution in [0.5, 0.6) is 0 Å². The Kier molecular flexibility index (Phi) is 8.00. The zero-order valence-corrected chi connectivity index (χ0v) is 24.7. The number of rotatable bonds is 6. The van der Waals surface area contributed by atoms with Gasteiger partial charge in [-0.2, -0.15) is 0 Å². The molecule has 5 rings (SSSR count). The highest BCUT2D eigenvalue weighted by molar-refractivity contribution is 5.99. The topological polar surface area (TPSA) is 61.7 Å². The number of hydrogen-bond acceptors (Lipinski definition) is 4. The Labute approximate surface area is 236 Å². The van der Waals surface area contributed by atoms with E-state index in [4.69, 9.17) is 0 Å². The summed E-state index contributed by atoms with van der Waals surface area (Å²) in [6, 6.07) is 4.85. The van der Waals surface area contributed by atoms with Crippen molar-refractivity contribution in [2.45, 2.75) is 66.0 Å². The van der Waals surface area contributed by atoms with Gasteiger partial charge in [-0.25, -0.2) is 4.39 Å². The van der Waals surface area contributed by atoms with Gasteiger partial charge in [-0.1, -0.05) is 6.92 Å². The van der Waals surface area contributed by atoms with Crippen molar-refractivity contribution in [3.05, 3.63) is 59.3 Å². The van der Waals surface area contributed by atoms with Crippen molar-refractivity contribution in [1.29, 1.82) is 0 Å². The normalized spacial score (nSPS) is 21.9. The van der Waals surface area contributed by atoms with E-state index in [9.17, 15) is 14.0 Å². The molecule has 214 valence electrons. The van der Waals surface area contributed by atoms with Gasteiger partial charge in [0.05, 0.1) is 23.0 Å². The molecule has 2 aromatic heterocycles. The summed E-state index contributed by atoms with van der Waals surface area (Å²) in [7, 11) is 1.75. The summed E-state index contributed by atoms with van der Waals surface area (Å²) in [4.78, 5) is 36.2. The second-order valence-electron chi connectivity index (χ2n) is 12.2. The molecule has 3 atom stereocenters. The van der Waals surface area contributed by atoms with Gasteiger partial charge >= 0.3 is 0 Å². The van der Waals surface area contributed by atoms with Crippen molar-refractivity contribution in [1.82, 2.24) is 24.3 Å². The standard InChI is InChI=1S/C32H42FN5O2/c1-20(2)35(6)32(40)27-14-26(33)7-8-28(27)38-18-25(31-22(4)15-34-16-29(31)38)13-24-10-12-37(17-24)30-19-36(23(5)39)11-9-21(30)3/h7-8,14-16,18,20-21,24,30H,9-13,17,19H2,1-6H3/t21?,24-,30?/m0/s1. The number of carbonyl (C=O) groups is 2. The van der Waals surface area contributed by atoms with Gasteiger partial charge in [0, 0.05) is 63.5 Å². The first-order valence-electron chi connectivity index (χ1n) is 14.6. The summed E-state index contributed by atoms with van der Waals surface area (Å²) < 4.78 is 16.4. The molecule has 2 unspecified atom stereocenters. The van der Waals surface area contributed by atoms with Gasteiger partial charge in [0.2, 0.25) is 5.91 Å². The van der Waals surface area contributed by atoms with Gasteiger partial charge in [-0.05, 0) is 87.7 Å². The molecule has 2 amide bonds. The smallest absolute Gasteiger partial charge is 0.256 e. The first-order chi connectivity index (χ1) is 19.0. The fraction of sp³-hybridized carbons (Fsp3) is 0.531. The SMILES string of the molecule is CC(=O)N1CCC(C)C(N2CC[C@@H](Cc3cn(-c4ccc(F)cc4C(=O)N(C)C(C)C)c4cncc(C)c34)C2)C1. The molecule has 2 aliphatic rings. The average Bonchev–Trinajstić information content (AvgIpc) is 3.53. The van der Waals surface area contributed by atoms with Crippen LogP contribution >= 0.6 is 0 Å². The number of hydrogen-bond donors (Lipinski definition) is 0. The van der Waals surface area contributed by atoms with Gasteiger partial charge in [-0.3, -0.25) is 19.5 Å². The van der Waals surface area contributed by atoms with Crippen LogP contribution in [0, 0.1) is 24.6 Å². The quantitative estimate of drug-likeness (QED) is 0.432. The number of likely N-dealkylation sites (tertiary alicyclic amines) is 2. The molecule has 0 N–H and O–H groups in total. The predicted octanol–water partition coefficient (Wildman–Crippen LogP) is 5.07. The van der Waals surface area contributed by atoms with E-state index in [1.807, 2.05) is 35.7 Å². The van der Waals surface area contributed by atoms with E-state index in [0.29, 0.717) is 29.1 Å². The number of pyridine rings is 1. The molecule has 0 spiro atoms. The summed E-state index contributed by atoms with van der Waals surface area (Å²) in [5, 5.41) is 1.15. The van der Waals surface area contributed by atoms with Crippen LogP contribution in [0.1, 0.15) is 62.0 Å². The molecule has 0 radical (unpaired) electrons. The number of fused-ring (bicyclic) bond motifs is 1. The lowest BCUT2D eigenvalue weighted by Crippen LogP contribution is -2.52. The monoisotopic (exact) mass is 547 g/mol. The van der Waals surface area contributed by atoms with Crippen LogP contribution in [0.3, 0.4) is 0 Å². The lowest BCUT2D eigenvalue weighted by Gasteiger charge is -2.41. The van der Waals surface area contributed by atoms with E-state index >= 15 is 0 Å². The van der Waals surface area contributed by atoms with Crippen LogP contribution in [-0.2, 0) is 11.2 Å². The lowest BCUT2D eigenvalue weighted by molar-refractivity contribution is -0.131. The minimum atomic E-state index is -0.429. The molecule has 1 aromatic carbocycles. The maximum atomic E-state index is 14.4. The molecule has 7 nitrogen and oxygen atoms in total. The van der Waals surface area contributed by atoms with Crippen LogP contribution in [0.15, 0.2) is 36.8 Å². The van der Waals surface area contributed by atoms with E-state index < -0.39 is 5.82 Å². The third-order valence-corrected chi connectivity index (χ3v) is 9.18. The zero-order chi connectivity index (χ0) is 28.7. The Balaban J connectivity index is 1.46. The summed E-state index contributed by atoms with van der Waals surface area (Å²) in [5.74, 6) is 0.599. The molecule has 2 fully saturated rings. The second kappa shape index (κ2) is 11.3. The summed E-state index contributed by atoms with van der Waals surface area (Å²) in [5.41, 5.74) is 4.25. The second-order valence-corrected chi connectivity index (χ2v) is 12.2. The first-order valence-corrected chi connectivity index (χ1v) is 14.6. The number of piperidine rings is 1. The molecule has 40 heavy (non-hydrogen) atoms. The predicted molar refractivity (Wildman–Crippen MR) is 156 cm³/mol. The van der Waals surface area contributed by atoms with E-state index in [1.54, 1.807) is 24.9 Å². The highest BCUT2D eigenvalue weighted by Crippen LogP contribution is 2.34. The van der Waals surface area contributed by atoms with Crippen molar-refractivity contribution in [2.75, 3.05) is 33.2 Å². The zero-order valence-electron chi connectivity index (χ0n) is 24.7. The van der Waals surface area contributed by atoms with Crippen molar-refractivity contribution in [2.24, 2.45) is 11.8 Å². The van der Waals surface area contributed by atoms with Crippen molar-refractivity contribution in [3.63, 3.8) is 0 Å². The maximum absolute atomic E-state index is 14.4. The molecule has 0 saturated carbocycles. The molecule has 3 aromatic rings. The molecule has 0 aliphatic carbocycles. The average molecular weight is 548 g/mol. The Hall–Kier alpha value is -3.26. The third kappa shape index (κ3) is 5.38. The van der Waals surface area contributed by atoms with Crippen LogP contribution in [0.25, 0.3) is 16.6 Å². The largest absolute Gasteiger partial charge is 0.341 e. The lowest BCUT2D eigenvalue weighted by atomic mass is 9.92. The highest BCUT2D eigenvalue weighted by Gasteiger charge is 2.36. The molecular weight excluding hydrogens is 505 g/mol. The van der Waals surface area contributed by atoms with E-state index in [0.717, 1.165) is 61.9 Å². The molecule has 2 aliphatic heterocycles. The number of benzene rings is 1. The van der Waals surface area contributed by atoms with Gasteiger partial charge in [-0.15, -0.1) is 0 Å². The van der Waals surface area contributed by atoms with Crippen LogP contribution < -0.4 is 0 Å². The number of halogens is 1. The van der Waals surface area contributed by atoms with E-state index in [1.165, 1.54) is 17.7 Å². The van der Waals surface area contributed by atoms with Crippen LogP contribution in [0.2, 0.25) is 0 Å². The van der Waals surface area contributed by atoms with E-state index in [-0.39, 0.29) is 17.9 Å². The van der Waals surface area contributed by atoms with Gasteiger partial charge in [0.25, 0.3) is 5.91 Å². The fourth-order valence-electron chi connectivity index (χ4n) is 6.56. The molecular formula is C32H42FN5O2. The van der Waals surface area contributed by atoms with E-state index in [2.05, 4.69) is 29.9 Å². The minimum absolute atomic E-state index is 0.00998. The molecule has 8 heteroatoms. The Morgan fingerprint density at radius 3 is 2.65 bits per heavy atom. The number of aromatic nitrogens is 2. The third-order valence-electron chi connectivity index (χ3n) is 9.18. The molecule has 4 heterocycles. The fourth-order valence-corrected chi connectivity index (χ4v) is 6.56. The van der Waals surface area contributed by atoms with Crippen molar-refractivity contribution in [3.8, 4) is 5.69 Å². The summed E-state index contributed by atoms with van der Waals surface area (Å²) in [6.07, 6.45) is 8.94. The Bertz CT molecular complexity index is 1420. The van der Waals surface area contributed by atoms with Crippen LogP contribution in [-0.4, -0.2) is 81.4 Å². The Morgan fingerprint density at radius 1 is 1.15 bits per heavy atom. The van der Waals surface area contributed by atoms with Crippen LogP contribution in [0.4, 0.5) is 4.39 Å². The van der Waals surface area contributed by atoms with Gasteiger partial charge in [0.1, 0.15) is 5.82 Å². The number of amides is 2. The Morgan fingerprint density at radius 2 is 1.93 bits per heavy atom. The maximum Gasteiger partial charge on any atom is 0.256 e. The molecule has 0 bridgehead atoms. The minimum Gasteiger partial charge on any atom is -0.341 e. The van der Waals surface area contributed by atoms with Crippen molar-refractivity contribution >= 4 is 22.7 Å². The molecule has 2 saturated heterocycles. The number of aryl methyl sites for hydroxylation is 1. The summed E-state index contributed by atoms with van der Waals surface area (Å²) in [6.45, 7) is 13.7. The highest BCUT2D eigenvalue weighted by atomic mass is 19.1. The number of nitrogens with zero attached hydrogens (tertiary/aromatic N) is 5. The first kappa shape index (κ1) is 28.3. The summed E-state index contributed by atoms with van der Waals surface area (Å²) >= 11 is 0. The number of carbonyl (C=O) groups excluding carboxylic acids is 2. The van der Waals surface area contributed by atoms with Gasteiger partial charge < -0.3 is 14.4 Å².